The molecular weight excluding hydrogens is 320 g/mol. The second-order valence-electron chi connectivity index (χ2n) is 5.27. The van der Waals surface area contributed by atoms with Crippen molar-refractivity contribution in [1.29, 1.82) is 0 Å². The molecule has 2 N–H and O–H groups in total. The van der Waals surface area contributed by atoms with Crippen molar-refractivity contribution in [3.63, 3.8) is 0 Å². The molecule has 128 valence electrons. The van der Waals surface area contributed by atoms with Crippen LogP contribution >= 0.6 is 0 Å². The van der Waals surface area contributed by atoms with Crippen molar-refractivity contribution < 1.29 is 14.3 Å². The third-order valence-corrected chi connectivity index (χ3v) is 3.56. The predicted molar refractivity (Wildman–Crippen MR) is 93.7 cm³/mol. The van der Waals surface area contributed by atoms with Gasteiger partial charge in [0.05, 0.1) is 20.6 Å². The minimum absolute atomic E-state index is 0.0914. The normalized spacial score (nSPS) is 10.3. The first kappa shape index (κ1) is 16.5. The molecule has 0 saturated carbocycles. The second kappa shape index (κ2) is 7.48. The highest BCUT2D eigenvalue weighted by molar-refractivity contribution is 5.92. The number of nitrogens with one attached hydrogen (secondary N) is 2. The van der Waals surface area contributed by atoms with E-state index in [0.29, 0.717) is 28.8 Å². The molecule has 0 aliphatic rings. The summed E-state index contributed by atoms with van der Waals surface area (Å²) in [6.07, 6.45) is 0.0914. The highest BCUT2D eigenvalue weighted by Gasteiger charge is 2.11. The number of carbonyl (C=O) groups excluding carboxylic acids is 1. The van der Waals surface area contributed by atoms with Gasteiger partial charge in [-0.3, -0.25) is 9.89 Å². The number of aromatic nitrogens is 3. The maximum atomic E-state index is 12.2. The smallest absolute Gasteiger partial charge is 0.232 e. The van der Waals surface area contributed by atoms with E-state index < -0.39 is 0 Å². The Morgan fingerprint density at radius 2 is 1.84 bits per heavy atom. The molecule has 2 aromatic carbocycles. The lowest BCUT2D eigenvalue weighted by Crippen LogP contribution is -2.15. The first-order chi connectivity index (χ1) is 12.2. The molecule has 0 saturated heterocycles. The summed E-state index contributed by atoms with van der Waals surface area (Å²) in [7, 11) is 3.10. The number of amides is 1. The zero-order valence-corrected chi connectivity index (χ0v) is 13.9. The van der Waals surface area contributed by atoms with Gasteiger partial charge in [-0.05, 0) is 12.1 Å². The van der Waals surface area contributed by atoms with Gasteiger partial charge in [0.1, 0.15) is 5.82 Å². The minimum atomic E-state index is -0.206. The maximum absolute atomic E-state index is 12.2. The predicted octanol–water partition coefficient (Wildman–Crippen LogP) is 2.67. The lowest BCUT2D eigenvalue weighted by Gasteiger charge is -2.10. The van der Waals surface area contributed by atoms with Gasteiger partial charge in [0, 0.05) is 17.3 Å². The highest BCUT2D eigenvalue weighted by atomic mass is 16.5. The number of nitrogens with zero attached hydrogens (tertiary/aromatic N) is 2. The number of carbonyl (C=O) groups is 1. The number of benzene rings is 2. The van der Waals surface area contributed by atoms with Crippen LogP contribution in [-0.2, 0) is 11.2 Å². The number of hydrogen-bond acceptors (Lipinski definition) is 5. The number of anilines is 1. The molecule has 3 rings (SSSR count). The van der Waals surface area contributed by atoms with E-state index in [1.54, 1.807) is 32.4 Å². The zero-order chi connectivity index (χ0) is 17.6. The largest absolute Gasteiger partial charge is 0.493 e. The fourth-order valence-corrected chi connectivity index (χ4v) is 2.36. The van der Waals surface area contributed by atoms with E-state index in [1.165, 1.54) is 0 Å². The summed E-state index contributed by atoms with van der Waals surface area (Å²) < 4.78 is 10.4. The second-order valence-corrected chi connectivity index (χ2v) is 5.27. The number of aromatic amines is 1. The Hall–Kier alpha value is -3.35. The van der Waals surface area contributed by atoms with Gasteiger partial charge >= 0.3 is 0 Å². The van der Waals surface area contributed by atoms with Crippen LogP contribution in [-0.4, -0.2) is 35.3 Å². The third kappa shape index (κ3) is 3.95. The molecule has 0 aliphatic heterocycles. The van der Waals surface area contributed by atoms with Gasteiger partial charge in [-0.1, -0.05) is 30.3 Å². The number of rotatable bonds is 6. The van der Waals surface area contributed by atoms with E-state index in [4.69, 9.17) is 9.47 Å². The van der Waals surface area contributed by atoms with Gasteiger partial charge in [-0.25, -0.2) is 4.98 Å². The van der Waals surface area contributed by atoms with Crippen LogP contribution in [0.4, 0.5) is 5.69 Å². The summed E-state index contributed by atoms with van der Waals surface area (Å²) >= 11 is 0. The van der Waals surface area contributed by atoms with Crippen molar-refractivity contribution in [2.24, 2.45) is 0 Å². The van der Waals surface area contributed by atoms with Crippen LogP contribution in [0.1, 0.15) is 5.82 Å². The number of hydrogen-bond donors (Lipinski definition) is 2. The fraction of sp³-hybridized carbons (Fsp3) is 0.167. The molecule has 1 amide bonds. The van der Waals surface area contributed by atoms with E-state index >= 15 is 0 Å². The Morgan fingerprint density at radius 1 is 1.08 bits per heavy atom. The molecule has 3 aromatic rings. The molecule has 0 unspecified atom stereocenters. The summed E-state index contributed by atoms with van der Waals surface area (Å²) in [5.74, 6) is 2.00. The molecule has 0 fully saturated rings. The van der Waals surface area contributed by atoms with Crippen LogP contribution in [0.3, 0.4) is 0 Å². The van der Waals surface area contributed by atoms with Crippen molar-refractivity contribution >= 4 is 11.6 Å². The van der Waals surface area contributed by atoms with Crippen LogP contribution in [0.5, 0.6) is 11.5 Å². The van der Waals surface area contributed by atoms with Crippen LogP contribution in [0.2, 0.25) is 0 Å². The molecule has 0 aliphatic carbocycles. The van der Waals surface area contributed by atoms with Gasteiger partial charge < -0.3 is 14.8 Å². The van der Waals surface area contributed by atoms with Crippen molar-refractivity contribution in [3.8, 4) is 22.9 Å². The first-order valence-electron chi connectivity index (χ1n) is 7.68. The maximum Gasteiger partial charge on any atom is 0.232 e. The van der Waals surface area contributed by atoms with Gasteiger partial charge in [0.2, 0.25) is 5.91 Å². The lowest BCUT2D eigenvalue weighted by atomic mass is 10.2. The van der Waals surface area contributed by atoms with Crippen molar-refractivity contribution in [3.05, 3.63) is 54.4 Å². The molecule has 1 aromatic heterocycles. The Kier molecular flexibility index (Phi) is 4.94. The summed E-state index contributed by atoms with van der Waals surface area (Å²) in [6.45, 7) is 0. The fourth-order valence-electron chi connectivity index (χ4n) is 2.36. The summed E-state index contributed by atoms with van der Waals surface area (Å²) in [5.41, 5.74) is 1.51. The lowest BCUT2D eigenvalue weighted by molar-refractivity contribution is -0.115. The monoisotopic (exact) mass is 338 g/mol. The molecule has 0 atom stereocenters. The topological polar surface area (TPSA) is 89.1 Å². The highest BCUT2D eigenvalue weighted by Crippen LogP contribution is 2.29. The van der Waals surface area contributed by atoms with Gasteiger partial charge in [-0.2, -0.15) is 5.10 Å². The first-order valence-corrected chi connectivity index (χ1v) is 7.68. The Morgan fingerprint density at radius 3 is 2.56 bits per heavy atom. The van der Waals surface area contributed by atoms with E-state index in [-0.39, 0.29) is 12.3 Å². The van der Waals surface area contributed by atoms with Crippen LogP contribution < -0.4 is 14.8 Å². The summed E-state index contributed by atoms with van der Waals surface area (Å²) in [6, 6.07) is 14.8. The van der Waals surface area contributed by atoms with Crippen molar-refractivity contribution in [2.45, 2.75) is 6.42 Å². The van der Waals surface area contributed by atoms with Gasteiger partial charge in [-0.15, -0.1) is 0 Å². The molecular formula is C18H18N4O3. The number of methoxy groups -OCH3 is 2. The summed E-state index contributed by atoms with van der Waals surface area (Å²) in [5, 5.41) is 9.74. The van der Waals surface area contributed by atoms with Crippen molar-refractivity contribution in [2.75, 3.05) is 19.5 Å². The number of H-pyrrole nitrogens is 1. The van der Waals surface area contributed by atoms with E-state index in [9.17, 15) is 4.79 Å². The number of ether oxygens (including phenoxy) is 2. The van der Waals surface area contributed by atoms with Crippen LogP contribution in [0.25, 0.3) is 11.4 Å². The molecule has 0 bridgehead atoms. The van der Waals surface area contributed by atoms with E-state index in [0.717, 1.165) is 5.56 Å². The van der Waals surface area contributed by atoms with Gasteiger partial charge in [0.25, 0.3) is 0 Å². The Balaban J connectivity index is 1.66. The minimum Gasteiger partial charge on any atom is -0.493 e. The van der Waals surface area contributed by atoms with Crippen LogP contribution in [0, 0.1) is 0 Å². The average Bonchev–Trinajstić information content (AvgIpc) is 3.10. The van der Waals surface area contributed by atoms with E-state index in [2.05, 4.69) is 20.5 Å². The summed E-state index contributed by atoms with van der Waals surface area (Å²) in [4.78, 5) is 16.6. The third-order valence-electron chi connectivity index (χ3n) is 3.56. The molecule has 25 heavy (non-hydrogen) atoms. The molecule has 0 radical (unpaired) electrons. The molecule has 7 heteroatoms. The average molecular weight is 338 g/mol. The SMILES string of the molecule is COc1ccc(NC(=O)Cc2nc(-c3ccccc3)n[nH]2)cc1OC. The Labute approximate surface area is 145 Å². The van der Waals surface area contributed by atoms with E-state index in [1.807, 2.05) is 30.3 Å². The molecule has 1 heterocycles. The van der Waals surface area contributed by atoms with Crippen molar-refractivity contribution in [1.82, 2.24) is 15.2 Å². The quantitative estimate of drug-likeness (QED) is 0.721. The molecule has 0 spiro atoms. The van der Waals surface area contributed by atoms with Gasteiger partial charge in [0.15, 0.2) is 17.3 Å². The standard InChI is InChI=1S/C18H18N4O3/c1-24-14-9-8-13(10-15(14)25-2)19-17(23)11-16-20-18(22-21-16)12-6-4-3-5-7-12/h3-10H,11H2,1-2H3,(H,19,23)(H,20,21,22). The zero-order valence-electron chi connectivity index (χ0n) is 13.9. The van der Waals surface area contributed by atoms with Crippen LogP contribution in [0.15, 0.2) is 48.5 Å². The Bertz CT molecular complexity index is 862. The molecule has 7 nitrogen and oxygen atoms in total.